The topological polar surface area (TPSA) is 54.9 Å². The second kappa shape index (κ2) is 7.49. The first-order valence-corrected chi connectivity index (χ1v) is 8.80. The lowest BCUT2D eigenvalue weighted by molar-refractivity contribution is 0.0104. The Morgan fingerprint density at radius 2 is 2.04 bits per heavy atom. The number of pyridine rings is 1. The summed E-state index contributed by atoms with van der Waals surface area (Å²) >= 11 is 0. The van der Waals surface area contributed by atoms with Crippen molar-refractivity contribution in [2.45, 2.75) is 45.4 Å². The monoisotopic (exact) mass is 333 g/mol. The van der Waals surface area contributed by atoms with Crippen LogP contribution in [-0.2, 0) is 4.74 Å². The van der Waals surface area contributed by atoms with Gasteiger partial charge in [0.15, 0.2) is 0 Å². The third kappa shape index (κ3) is 3.70. The minimum atomic E-state index is 0.0416. The highest BCUT2D eigenvalue weighted by Crippen LogP contribution is 2.26. The van der Waals surface area contributed by atoms with Crippen LogP contribution < -0.4 is 4.74 Å². The molecular formula is C18H27N3O3. The van der Waals surface area contributed by atoms with Gasteiger partial charge in [0.25, 0.3) is 5.91 Å². The quantitative estimate of drug-likeness (QED) is 0.841. The zero-order valence-electron chi connectivity index (χ0n) is 14.8. The number of hydrogen-bond donors (Lipinski definition) is 0. The van der Waals surface area contributed by atoms with Gasteiger partial charge in [-0.15, -0.1) is 0 Å². The van der Waals surface area contributed by atoms with E-state index < -0.39 is 0 Å². The lowest BCUT2D eigenvalue weighted by Gasteiger charge is -2.35. The Labute approximate surface area is 143 Å². The molecule has 0 radical (unpaired) electrons. The molecule has 0 bridgehead atoms. The number of hydrogen-bond acceptors (Lipinski definition) is 5. The summed E-state index contributed by atoms with van der Waals surface area (Å²) in [5.74, 6) is 0.687. The van der Waals surface area contributed by atoms with Crippen LogP contribution in [0.25, 0.3) is 0 Å². The molecule has 0 unspecified atom stereocenters. The van der Waals surface area contributed by atoms with E-state index in [1.54, 1.807) is 18.5 Å². The van der Waals surface area contributed by atoms with E-state index in [4.69, 9.17) is 9.47 Å². The van der Waals surface area contributed by atoms with Gasteiger partial charge in [0.05, 0.1) is 31.1 Å². The highest BCUT2D eigenvalue weighted by Gasteiger charge is 2.38. The first kappa shape index (κ1) is 17.2. The lowest BCUT2D eigenvalue weighted by atomic mass is 10.1. The van der Waals surface area contributed by atoms with Crippen molar-refractivity contribution in [3.8, 4) is 5.75 Å². The zero-order valence-corrected chi connectivity index (χ0v) is 14.8. The average molecular weight is 333 g/mol. The van der Waals surface area contributed by atoms with Gasteiger partial charge in [-0.25, -0.2) is 0 Å². The normalized spacial score (nSPS) is 25.2. The van der Waals surface area contributed by atoms with Crippen LogP contribution in [0, 0.1) is 0 Å². The Morgan fingerprint density at radius 3 is 2.75 bits per heavy atom. The number of rotatable bonds is 4. The van der Waals surface area contributed by atoms with E-state index in [2.05, 4.69) is 16.8 Å². The summed E-state index contributed by atoms with van der Waals surface area (Å²) < 4.78 is 11.1. The van der Waals surface area contributed by atoms with E-state index in [1.165, 1.54) is 0 Å². The van der Waals surface area contributed by atoms with Gasteiger partial charge < -0.3 is 14.4 Å². The molecule has 6 nitrogen and oxygen atoms in total. The largest absolute Gasteiger partial charge is 0.489 e. The molecule has 2 saturated heterocycles. The molecule has 132 valence electrons. The molecule has 24 heavy (non-hydrogen) atoms. The van der Waals surface area contributed by atoms with Crippen LogP contribution in [0.4, 0.5) is 0 Å². The molecule has 3 rings (SSSR count). The Morgan fingerprint density at radius 1 is 1.29 bits per heavy atom. The average Bonchev–Trinajstić information content (AvgIpc) is 2.96. The fourth-order valence-electron chi connectivity index (χ4n) is 3.65. The molecule has 1 aromatic heterocycles. The summed E-state index contributed by atoms with van der Waals surface area (Å²) in [7, 11) is 0. The number of aromatic nitrogens is 1. The number of carbonyl (C=O) groups excluding carboxylic acids is 1. The molecule has 1 aromatic rings. The summed E-state index contributed by atoms with van der Waals surface area (Å²) in [4.78, 5) is 21.5. The number of likely N-dealkylation sites (tertiary alicyclic amines) is 1. The van der Waals surface area contributed by atoms with Gasteiger partial charge in [-0.2, -0.15) is 0 Å². The molecule has 0 saturated carbocycles. The van der Waals surface area contributed by atoms with Crippen LogP contribution >= 0.6 is 0 Å². The number of nitrogens with zero attached hydrogens (tertiary/aromatic N) is 3. The maximum absolute atomic E-state index is 12.9. The number of morpholine rings is 1. The van der Waals surface area contributed by atoms with Crippen molar-refractivity contribution in [2.75, 3.05) is 32.8 Å². The van der Waals surface area contributed by atoms with Crippen molar-refractivity contribution >= 4 is 5.91 Å². The molecule has 0 aromatic carbocycles. The van der Waals surface area contributed by atoms with E-state index in [0.29, 0.717) is 17.4 Å². The summed E-state index contributed by atoms with van der Waals surface area (Å²) in [6.07, 6.45) is 4.36. The van der Waals surface area contributed by atoms with Gasteiger partial charge in [0.1, 0.15) is 5.75 Å². The van der Waals surface area contributed by atoms with Crippen molar-refractivity contribution in [3.63, 3.8) is 0 Å². The fourth-order valence-corrected chi connectivity index (χ4v) is 3.65. The van der Waals surface area contributed by atoms with Crippen molar-refractivity contribution in [3.05, 3.63) is 24.0 Å². The van der Waals surface area contributed by atoms with Gasteiger partial charge in [-0.1, -0.05) is 0 Å². The van der Waals surface area contributed by atoms with Crippen LogP contribution in [0.5, 0.6) is 5.75 Å². The fraction of sp³-hybridized carbons (Fsp3) is 0.667. The van der Waals surface area contributed by atoms with Crippen molar-refractivity contribution in [1.82, 2.24) is 14.8 Å². The highest BCUT2D eigenvalue weighted by molar-refractivity contribution is 5.94. The summed E-state index contributed by atoms with van der Waals surface area (Å²) in [6, 6.07) is 2.41. The molecular weight excluding hydrogens is 306 g/mol. The van der Waals surface area contributed by atoms with Crippen molar-refractivity contribution in [2.24, 2.45) is 0 Å². The number of carbonyl (C=O) groups is 1. The Hall–Kier alpha value is -1.66. The standard InChI is InChI=1S/C18H27N3O3/c1-13(2)24-16-10-15(11-19-12-16)18(22)21-5-4-17(14(21)3)20-6-8-23-9-7-20/h10-14,17H,4-9H2,1-3H3/t14-,17-/m1/s1. The zero-order chi connectivity index (χ0) is 17.1. The Bertz CT molecular complexity index is 572. The molecule has 0 aliphatic carbocycles. The van der Waals surface area contributed by atoms with E-state index in [0.717, 1.165) is 39.3 Å². The first-order valence-electron chi connectivity index (χ1n) is 8.80. The third-order valence-electron chi connectivity index (χ3n) is 4.82. The first-order chi connectivity index (χ1) is 11.6. The van der Waals surface area contributed by atoms with Crippen LogP contribution in [-0.4, -0.2) is 71.7 Å². The Balaban J connectivity index is 1.69. The van der Waals surface area contributed by atoms with Gasteiger partial charge in [0.2, 0.25) is 0 Å². The molecule has 1 amide bonds. The second-order valence-electron chi connectivity index (χ2n) is 6.82. The predicted molar refractivity (Wildman–Crippen MR) is 91.3 cm³/mol. The van der Waals surface area contributed by atoms with Crippen molar-refractivity contribution in [1.29, 1.82) is 0 Å². The molecule has 2 aliphatic rings. The molecule has 2 atom stereocenters. The van der Waals surface area contributed by atoms with Gasteiger partial charge in [0, 0.05) is 37.9 Å². The minimum Gasteiger partial charge on any atom is -0.489 e. The third-order valence-corrected chi connectivity index (χ3v) is 4.82. The molecule has 2 aliphatic heterocycles. The van der Waals surface area contributed by atoms with Crippen LogP contribution in [0.1, 0.15) is 37.6 Å². The summed E-state index contributed by atoms with van der Waals surface area (Å²) in [5.41, 5.74) is 0.600. The van der Waals surface area contributed by atoms with Gasteiger partial charge in [-0.3, -0.25) is 14.7 Å². The van der Waals surface area contributed by atoms with Gasteiger partial charge >= 0.3 is 0 Å². The Kier molecular flexibility index (Phi) is 5.36. The van der Waals surface area contributed by atoms with Gasteiger partial charge in [-0.05, 0) is 33.3 Å². The van der Waals surface area contributed by atoms with Crippen LogP contribution in [0.3, 0.4) is 0 Å². The van der Waals surface area contributed by atoms with E-state index >= 15 is 0 Å². The molecule has 0 spiro atoms. The summed E-state index contributed by atoms with van der Waals surface area (Å²) in [6.45, 7) is 10.3. The smallest absolute Gasteiger partial charge is 0.255 e. The van der Waals surface area contributed by atoms with E-state index in [9.17, 15) is 4.79 Å². The molecule has 6 heteroatoms. The maximum Gasteiger partial charge on any atom is 0.255 e. The molecule has 3 heterocycles. The highest BCUT2D eigenvalue weighted by atomic mass is 16.5. The molecule has 2 fully saturated rings. The second-order valence-corrected chi connectivity index (χ2v) is 6.82. The van der Waals surface area contributed by atoms with E-state index in [1.807, 2.05) is 18.7 Å². The number of amides is 1. The molecule has 0 N–H and O–H groups in total. The lowest BCUT2D eigenvalue weighted by Crippen LogP contribution is -2.49. The maximum atomic E-state index is 12.9. The number of ether oxygens (including phenoxy) is 2. The van der Waals surface area contributed by atoms with Crippen LogP contribution in [0.2, 0.25) is 0 Å². The van der Waals surface area contributed by atoms with E-state index in [-0.39, 0.29) is 18.1 Å². The summed E-state index contributed by atoms with van der Waals surface area (Å²) in [5, 5.41) is 0. The van der Waals surface area contributed by atoms with Crippen molar-refractivity contribution < 1.29 is 14.3 Å². The SMILES string of the molecule is CC(C)Oc1cncc(C(=O)N2CC[C@@H](N3CCOCC3)[C@H]2C)c1. The van der Waals surface area contributed by atoms with Crippen LogP contribution in [0.15, 0.2) is 18.5 Å². The minimum absolute atomic E-state index is 0.0416. The predicted octanol–water partition coefficient (Wildman–Crippen LogP) is 1.80.